The zero-order chi connectivity index (χ0) is 20.8. The SMILES string of the molecule is [2H]C1(c2ccc(Cc3cc([C@@H]4O[C@H](CO)[C@@H](O)[C@H](O)[C@H]4O)ccc3Cl)cc2)CC1. The molecule has 5 atom stereocenters. The van der Waals surface area contributed by atoms with Crippen molar-refractivity contribution in [3.63, 3.8) is 0 Å². The average molecular weight is 406 g/mol. The minimum absolute atomic E-state index is 0.417. The largest absolute Gasteiger partial charge is 0.394 e. The molecule has 2 fully saturated rings. The lowest BCUT2D eigenvalue weighted by Crippen LogP contribution is -2.55. The van der Waals surface area contributed by atoms with E-state index in [1.165, 1.54) is 0 Å². The van der Waals surface area contributed by atoms with Crippen LogP contribution in [0.2, 0.25) is 5.02 Å². The van der Waals surface area contributed by atoms with Crippen LogP contribution in [-0.2, 0) is 11.2 Å². The minimum Gasteiger partial charge on any atom is -0.394 e. The van der Waals surface area contributed by atoms with Crippen LogP contribution in [0.4, 0.5) is 0 Å². The first-order valence-electron chi connectivity index (χ1n) is 10.0. The highest BCUT2D eigenvalue weighted by Crippen LogP contribution is 2.40. The van der Waals surface area contributed by atoms with Crippen LogP contribution in [-0.4, -0.2) is 51.4 Å². The molecule has 1 aliphatic carbocycles. The third-order valence-electron chi connectivity index (χ3n) is 5.55. The molecule has 1 heterocycles. The highest BCUT2D eigenvalue weighted by atomic mass is 35.5. The summed E-state index contributed by atoms with van der Waals surface area (Å²) >= 11 is 6.38. The lowest BCUT2D eigenvalue weighted by Gasteiger charge is -2.40. The summed E-state index contributed by atoms with van der Waals surface area (Å²) in [6.07, 6.45) is -3.60. The number of rotatable bonds is 5. The van der Waals surface area contributed by atoms with Gasteiger partial charge in [-0.2, -0.15) is 0 Å². The first-order valence-corrected chi connectivity index (χ1v) is 9.88. The van der Waals surface area contributed by atoms with Crippen molar-refractivity contribution in [3.8, 4) is 0 Å². The number of halogens is 1. The fraction of sp³-hybridized carbons (Fsp3) is 0.455. The summed E-state index contributed by atoms with van der Waals surface area (Å²) in [6.45, 7) is -0.467. The molecule has 0 amide bonds. The van der Waals surface area contributed by atoms with Crippen molar-refractivity contribution in [1.29, 1.82) is 0 Å². The standard InChI is InChI=1S/C22H25ClO5/c23-17-8-7-15(22-21(27)20(26)19(25)18(11-24)28-22)10-16(17)9-12-1-3-13(4-2-12)14-5-6-14/h1-4,7-8,10,14,18-22,24-27H,5-6,9,11H2/t18-,19-,20+,21-,22+/m1/s1/i14D. The Balaban J connectivity index is 1.56. The van der Waals surface area contributed by atoms with Crippen LogP contribution in [0.5, 0.6) is 0 Å². The number of ether oxygens (including phenoxy) is 1. The molecule has 1 aliphatic heterocycles. The number of hydrogen-bond acceptors (Lipinski definition) is 5. The van der Waals surface area contributed by atoms with E-state index < -0.39 is 43.0 Å². The Morgan fingerprint density at radius 3 is 2.29 bits per heavy atom. The molecule has 4 rings (SSSR count). The molecular formula is C22H25ClO5. The molecule has 0 aromatic heterocycles. The van der Waals surface area contributed by atoms with Crippen LogP contribution >= 0.6 is 11.6 Å². The van der Waals surface area contributed by atoms with Gasteiger partial charge in [0.05, 0.1) is 6.61 Å². The van der Waals surface area contributed by atoms with Gasteiger partial charge < -0.3 is 25.2 Å². The Morgan fingerprint density at radius 2 is 1.64 bits per heavy atom. The van der Waals surface area contributed by atoms with Crippen LogP contribution in [0.3, 0.4) is 0 Å². The molecule has 28 heavy (non-hydrogen) atoms. The highest BCUT2D eigenvalue weighted by molar-refractivity contribution is 6.31. The third-order valence-corrected chi connectivity index (χ3v) is 5.92. The Bertz CT molecular complexity index is 868. The van der Waals surface area contributed by atoms with E-state index in [9.17, 15) is 20.4 Å². The fourth-order valence-electron chi connectivity index (χ4n) is 3.71. The van der Waals surface area contributed by atoms with Crippen molar-refractivity contribution in [2.24, 2.45) is 0 Å². The van der Waals surface area contributed by atoms with Gasteiger partial charge in [-0.1, -0.05) is 48.0 Å². The summed E-state index contributed by atoms with van der Waals surface area (Å²) in [6, 6.07) is 13.2. The fourth-order valence-corrected chi connectivity index (χ4v) is 3.90. The van der Waals surface area contributed by atoms with Gasteiger partial charge in [-0.25, -0.2) is 0 Å². The van der Waals surface area contributed by atoms with Crippen molar-refractivity contribution < 1.29 is 26.5 Å². The molecule has 2 aliphatic rings. The van der Waals surface area contributed by atoms with Crippen LogP contribution in [0.25, 0.3) is 0 Å². The molecule has 4 N–H and O–H groups in total. The molecule has 1 saturated heterocycles. The smallest absolute Gasteiger partial charge is 0.113 e. The van der Waals surface area contributed by atoms with Gasteiger partial charge in [-0.05, 0) is 53.5 Å². The quantitative estimate of drug-likeness (QED) is 0.613. The molecule has 6 heteroatoms. The maximum Gasteiger partial charge on any atom is 0.113 e. The highest BCUT2D eigenvalue weighted by Gasteiger charge is 2.44. The molecule has 2 aromatic rings. The topological polar surface area (TPSA) is 90.2 Å². The van der Waals surface area contributed by atoms with Gasteiger partial charge in [0, 0.05) is 6.39 Å². The van der Waals surface area contributed by atoms with Crippen molar-refractivity contribution in [2.45, 2.75) is 55.7 Å². The van der Waals surface area contributed by atoms with E-state index in [-0.39, 0.29) is 0 Å². The van der Waals surface area contributed by atoms with Gasteiger partial charge in [0.15, 0.2) is 0 Å². The predicted octanol–water partition coefficient (Wildman–Crippen LogP) is 2.32. The van der Waals surface area contributed by atoms with Gasteiger partial charge in [0.1, 0.15) is 30.5 Å². The summed E-state index contributed by atoms with van der Waals surface area (Å²) in [4.78, 5) is 0. The molecular weight excluding hydrogens is 380 g/mol. The lowest BCUT2D eigenvalue weighted by molar-refractivity contribution is -0.231. The van der Waals surface area contributed by atoms with Gasteiger partial charge in [-0.15, -0.1) is 0 Å². The first kappa shape index (κ1) is 18.6. The minimum atomic E-state index is -1.42. The summed E-state index contributed by atoms with van der Waals surface area (Å²) in [5.74, 6) is -0.417. The molecule has 0 bridgehead atoms. The van der Waals surface area contributed by atoms with E-state index in [2.05, 4.69) is 0 Å². The second kappa shape index (κ2) is 8.11. The van der Waals surface area contributed by atoms with Gasteiger partial charge in [-0.3, -0.25) is 0 Å². The van der Waals surface area contributed by atoms with E-state index in [1.54, 1.807) is 12.1 Å². The maximum atomic E-state index is 10.4. The van der Waals surface area contributed by atoms with Crippen LogP contribution < -0.4 is 0 Å². The number of benzene rings is 2. The van der Waals surface area contributed by atoms with Gasteiger partial charge >= 0.3 is 0 Å². The first-order chi connectivity index (χ1) is 13.8. The van der Waals surface area contributed by atoms with Crippen LogP contribution in [0.1, 0.15) is 48.5 Å². The second-order valence-electron chi connectivity index (χ2n) is 7.58. The molecule has 0 radical (unpaired) electrons. The average Bonchev–Trinajstić information content (AvgIpc) is 3.47. The number of aliphatic hydroxyl groups is 4. The van der Waals surface area contributed by atoms with Crippen molar-refractivity contribution in [2.75, 3.05) is 6.61 Å². The summed E-state index contributed by atoms with van der Waals surface area (Å²) in [7, 11) is 0. The van der Waals surface area contributed by atoms with Crippen LogP contribution in [0.15, 0.2) is 42.5 Å². The Morgan fingerprint density at radius 1 is 0.964 bits per heavy atom. The zero-order valence-corrected chi connectivity index (χ0v) is 16.1. The van der Waals surface area contributed by atoms with E-state index in [0.717, 1.165) is 29.5 Å². The lowest BCUT2D eigenvalue weighted by atomic mass is 9.90. The molecule has 5 nitrogen and oxygen atoms in total. The predicted molar refractivity (Wildman–Crippen MR) is 105 cm³/mol. The molecule has 0 unspecified atom stereocenters. The van der Waals surface area contributed by atoms with E-state index in [4.69, 9.17) is 17.7 Å². The van der Waals surface area contributed by atoms with Gasteiger partial charge in [0.2, 0.25) is 0 Å². The Labute approximate surface area is 170 Å². The van der Waals surface area contributed by atoms with E-state index in [0.29, 0.717) is 17.0 Å². The summed E-state index contributed by atoms with van der Waals surface area (Å²) in [5, 5.41) is 40.4. The zero-order valence-electron chi connectivity index (χ0n) is 16.3. The van der Waals surface area contributed by atoms with Crippen LogP contribution in [0, 0.1) is 0 Å². The Kier molecular flexibility index (Phi) is 5.37. The van der Waals surface area contributed by atoms with Gasteiger partial charge in [0.25, 0.3) is 0 Å². The van der Waals surface area contributed by atoms with Crippen molar-refractivity contribution >= 4 is 11.6 Å². The molecule has 150 valence electrons. The van der Waals surface area contributed by atoms with E-state index in [1.807, 2.05) is 30.3 Å². The summed E-state index contributed by atoms with van der Waals surface area (Å²) in [5.41, 5.74) is 3.52. The number of hydrogen-bond donors (Lipinski definition) is 4. The third kappa shape index (κ3) is 3.96. The number of aliphatic hydroxyl groups excluding tert-OH is 4. The molecule has 1 saturated carbocycles. The normalized spacial score (nSPS) is 32.0. The molecule has 0 spiro atoms. The second-order valence-corrected chi connectivity index (χ2v) is 7.98. The van der Waals surface area contributed by atoms with Crippen molar-refractivity contribution in [1.82, 2.24) is 0 Å². The Hall–Kier alpha value is -1.47. The maximum absolute atomic E-state index is 10.4. The monoisotopic (exact) mass is 405 g/mol. The molecule has 2 aromatic carbocycles. The van der Waals surface area contributed by atoms with Crippen molar-refractivity contribution in [3.05, 3.63) is 69.7 Å². The summed E-state index contributed by atoms with van der Waals surface area (Å²) < 4.78 is 13.9. The van der Waals surface area contributed by atoms with E-state index >= 15 is 0 Å².